The first-order chi connectivity index (χ1) is 4.77. The maximum absolute atomic E-state index is 9.93. The van der Waals surface area contributed by atoms with E-state index < -0.39 is 5.97 Å². The summed E-state index contributed by atoms with van der Waals surface area (Å²) in [5.74, 6) is -0.819. The zero-order valence-electron chi connectivity index (χ0n) is 6.04. The molecule has 58 valence electrons. The van der Waals surface area contributed by atoms with Crippen LogP contribution < -0.4 is 0 Å². The molecule has 0 spiro atoms. The molecule has 0 rings (SSSR count). The van der Waals surface area contributed by atoms with Crippen LogP contribution in [0.5, 0.6) is 0 Å². The van der Waals surface area contributed by atoms with Gasteiger partial charge in [0.15, 0.2) is 0 Å². The van der Waals surface area contributed by atoms with Crippen molar-refractivity contribution in [3.05, 3.63) is 12.2 Å². The van der Waals surface area contributed by atoms with Gasteiger partial charge in [-0.2, -0.15) is 0 Å². The average molecular weight is 144 g/mol. The van der Waals surface area contributed by atoms with Crippen molar-refractivity contribution in [2.45, 2.75) is 13.3 Å². The largest absolute Gasteiger partial charge is 0.481 e. The van der Waals surface area contributed by atoms with E-state index >= 15 is 0 Å². The molecule has 0 aromatic rings. The summed E-state index contributed by atoms with van der Waals surface area (Å²) < 4.78 is 4.92. The number of aliphatic carboxylic acids is 1. The normalized spacial score (nSPS) is 10.5. The fourth-order valence-corrected chi connectivity index (χ4v) is 0.407. The van der Waals surface area contributed by atoms with E-state index in [2.05, 4.69) is 0 Å². The lowest BCUT2D eigenvalue weighted by molar-refractivity contribution is -0.138. The van der Waals surface area contributed by atoms with Crippen molar-refractivity contribution >= 4 is 5.97 Å². The Hall–Kier alpha value is -0.830. The third kappa shape index (κ3) is 7.17. The van der Waals surface area contributed by atoms with Gasteiger partial charge >= 0.3 is 5.97 Å². The fraction of sp³-hybridized carbons (Fsp3) is 0.571. The Morgan fingerprint density at radius 1 is 1.70 bits per heavy atom. The molecule has 0 atom stereocenters. The topological polar surface area (TPSA) is 46.5 Å². The van der Waals surface area contributed by atoms with Gasteiger partial charge in [-0.3, -0.25) is 4.79 Å². The first kappa shape index (κ1) is 9.17. The molecule has 0 aromatic heterocycles. The van der Waals surface area contributed by atoms with Gasteiger partial charge in [0.2, 0.25) is 0 Å². The molecule has 3 nitrogen and oxygen atoms in total. The van der Waals surface area contributed by atoms with Crippen LogP contribution in [0.2, 0.25) is 0 Å². The Morgan fingerprint density at radius 3 is 2.90 bits per heavy atom. The molecule has 0 aliphatic rings. The van der Waals surface area contributed by atoms with Crippen LogP contribution in [0, 0.1) is 0 Å². The van der Waals surface area contributed by atoms with Gasteiger partial charge < -0.3 is 9.84 Å². The van der Waals surface area contributed by atoms with Crippen LogP contribution in [0.15, 0.2) is 12.2 Å². The highest BCUT2D eigenvalue weighted by Crippen LogP contribution is 1.82. The van der Waals surface area contributed by atoms with Crippen molar-refractivity contribution in [1.29, 1.82) is 0 Å². The predicted molar refractivity (Wildman–Crippen MR) is 37.9 cm³/mol. The number of hydrogen-bond acceptors (Lipinski definition) is 2. The standard InChI is InChI=1S/C7H12O3/c1-2-3-5-10-6-4-7(8)9/h2-3H,4-6H2,1H3,(H,8,9). The van der Waals surface area contributed by atoms with E-state index in [1.807, 2.05) is 19.1 Å². The second-order valence-electron chi connectivity index (χ2n) is 1.79. The quantitative estimate of drug-likeness (QED) is 0.463. The van der Waals surface area contributed by atoms with Gasteiger partial charge in [0.1, 0.15) is 0 Å². The molecule has 3 heteroatoms. The third-order valence-corrected chi connectivity index (χ3v) is 0.910. The summed E-state index contributed by atoms with van der Waals surface area (Å²) in [7, 11) is 0. The molecule has 10 heavy (non-hydrogen) atoms. The molecule has 0 fully saturated rings. The van der Waals surface area contributed by atoms with Crippen molar-refractivity contribution < 1.29 is 14.6 Å². The smallest absolute Gasteiger partial charge is 0.305 e. The molecule has 0 saturated carbocycles. The maximum atomic E-state index is 9.93. The van der Waals surface area contributed by atoms with Gasteiger partial charge in [-0.15, -0.1) is 0 Å². The van der Waals surface area contributed by atoms with Gasteiger partial charge in [0.05, 0.1) is 19.6 Å². The van der Waals surface area contributed by atoms with Crippen LogP contribution in [0.4, 0.5) is 0 Å². The average Bonchev–Trinajstić information content (AvgIpc) is 1.87. The SMILES string of the molecule is CC=CCOCCC(=O)O. The number of rotatable bonds is 5. The Bertz CT molecular complexity index is 118. The molecular weight excluding hydrogens is 132 g/mol. The highest BCUT2D eigenvalue weighted by molar-refractivity contribution is 5.66. The highest BCUT2D eigenvalue weighted by atomic mass is 16.5. The Morgan fingerprint density at radius 2 is 2.40 bits per heavy atom. The summed E-state index contributed by atoms with van der Waals surface area (Å²) in [4.78, 5) is 9.93. The van der Waals surface area contributed by atoms with E-state index in [0.717, 1.165) is 0 Å². The van der Waals surface area contributed by atoms with Crippen LogP contribution >= 0.6 is 0 Å². The summed E-state index contributed by atoms with van der Waals surface area (Å²) in [6, 6.07) is 0. The minimum Gasteiger partial charge on any atom is -0.481 e. The molecule has 0 heterocycles. The Balaban J connectivity index is 2.98. The lowest BCUT2D eigenvalue weighted by Crippen LogP contribution is -2.02. The monoisotopic (exact) mass is 144 g/mol. The maximum Gasteiger partial charge on any atom is 0.305 e. The van der Waals surface area contributed by atoms with Crippen molar-refractivity contribution in [1.82, 2.24) is 0 Å². The fourth-order valence-electron chi connectivity index (χ4n) is 0.407. The van der Waals surface area contributed by atoms with E-state index in [0.29, 0.717) is 13.2 Å². The number of ether oxygens (including phenoxy) is 1. The molecule has 1 N–H and O–H groups in total. The zero-order chi connectivity index (χ0) is 7.82. The molecule has 0 unspecified atom stereocenters. The molecule has 0 radical (unpaired) electrons. The van der Waals surface area contributed by atoms with Crippen LogP contribution in [0.1, 0.15) is 13.3 Å². The third-order valence-electron chi connectivity index (χ3n) is 0.910. The van der Waals surface area contributed by atoms with Crippen LogP contribution in [-0.4, -0.2) is 24.3 Å². The second-order valence-corrected chi connectivity index (χ2v) is 1.79. The van der Waals surface area contributed by atoms with Crippen molar-refractivity contribution in [3.63, 3.8) is 0 Å². The highest BCUT2D eigenvalue weighted by Gasteiger charge is 1.93. The van der Waals surface area contributed by atoms with Crippen molar-refractivity contribution in [2.24, 2.45) is 0 Å². The van der Waals surface area contributed by atoms with E-state index in [1.165, 1.54) is 0 Å². The number of allylic oxidation sites excluding steroid dienone is 1. The zero-order valence-corrected chi connectivity index (χ0v) is 6.04. The summed E-state index contributed by atoms with van der Waals surface area (Å²) in [5.41, 5.74) is 0. The van der Waals surface area contributed by atoms with E-state index in [4.69, 9.17) is 9.84 Å². The number of hydrogen-bond donors (Lipinski definition) is 1. The molecule has 0 aromatic carbocycles. The van der Waals surface area contributed by atoms with Gasteiger partial charge in [0.25, 0.3) is 0 Å². The van der Waals surface area contributed by atoms with E-state index in [9.17, 15) is 4.79 Å². The van der Waals surface area contributed by atoms with Crippen LogP contribution in [0.25, 0.3) is 0 Å². The van der Waals surface area contributed by atoms with Gasteiger partial charge in [-0.1, -0.05) is 12.2 Å². The van der Waals surface area contributed by atoms with Crippen molar-refractivity contribution in [2.75, 3.05) is 13.2 Å². The first-order valence-corrected chi connectivity index (χ1v) is 3.18. The molecule has 0 aliphatic heterocycles. The lowest BCUT2D eigenvalue weighted by atomic mass is 10.5. The summed E-state index contributed by atoms with van der Waals surface area (Å²) in [6.07, 6.45) is 3.78. The number of carbonyl (C=O) groups is 1. The van der Waals surface area contributed by atoms with Crippen molar-refractivity contribution in [3.8, 4) is 0 Å². The lowest BCUT2D eigenvalue weighted by Gasteiger charge is -1.95. The Kier molecular flexibility index (Phi) is 5.77. The van der Waals surface area contributed by atoms with E-state index in [-0.39, 0.29) is 6.42 Å². The van der Waals surface area contributed by atoms with Gasteiger partial charge in [0, 0.05) is 0 Å². The predicted octanol–water partition coefficient (Wildman–Crippen LogP) is 1.05. The minimum absolute atomic E-state index is 0.0809. The molecule has 0 amide bonds. The van der Waals surface area contributed by atoms with E-state index in [1.54, 1.807) is 0 Å². The molecular formula is C7H12O3. The Labute approximate surface area is 60.3 Å². The molecule has 0 bridgehead atoms. The molecule has 0 saturated heterocycles. The molecule has 0 aliphatic carbocycles. The first-order valence-electron chi connectivity index (χ1n) is 3.18. The van der Waals surface area contributed by atoms with Gasteiger partial charge in [-0.05, 0) is 6.92 Å². The van der Waals surface area contributed by atoms with Crippen LogP contribution in [0.3, 0.4) is 0 Å². The number of carboxylic acids is 1. The van der Waals surface area contributed by atoms with Gasteiger partial charge in [-0.25, -0.2) is 0 Å². The second kappa shape index (κ2) is 6.29. The minimum atomic E-state index is -0.819. The summed E-state index contributed by atoms with van der Waals surface area (Å²) in [5, 5.41) is 8.17. The van der Waals surface area contributed by atoms with Crippen LogP contribution in [-0.2, 0) is 9.53 Å². The number of carboxylic acid groups (broad SMARTS) is 1. The summed E-state index contributed by atoms with van der Waals surface area (Å²) in [6.45, 7) is 2.68. The summed E-state index contributed by atoms with van der Waals surface area (Å²) >= 11 is 0.